The predicted octanol–water partition coefficient (Wildman–Crippen LogP) is 3.25. The first-order valence-electron chi connectivity index (χ1n) is 5.52. The van der Waals surface area contributed by atoms with Crippen molar-refractivity contribution in [1.29, 1.82) is 0 Å². The molecular formula is C13H14FNO4. The maximum atomic E-state index is 13.2. The molecule has 6 heteroatoms. The van der Waals surface area contributed by atoms with Crippen molar-refractivity contribution >= 4 is 17.7 Å². The summed E-state index contributed by atoms with van der Waals surface area (Å²) in [6.07, 6.45) is 1.31. The number of nitro groups is 1. The smallest absolute Gasteiger partial charge is 0.332 e. The zero-order valence-corrected chi connectivity index (χ0v) is 10.8. The average Bonchev–Trinajstić information content (AvgIpc) is 2.25. The van der Waals surface area contributed by atoms with E-state index in [1.807, 2.05) is 0 Å². The number of carbonyl (C=O) groups is 1. The van der Waals surface area contributed by atoms with Crippen LogP contribution >= 0.6 is 0 Å². The second kappa shape index (κ2) is 5.17. The second-order valence-corrected chi connectivity index (χ2v) is 5.08. The minimum atomic E-state index is -1.11. The van der Waals surface area contributed by atoms with Crippen LogP contribution in [0.15, 0.2) is 23.8 Å². The van der Waals surface area contributed by atoms with Gasteiger partial charge in [0.25, 0.3) is 0 Å². The molecule has 19 heavy (non-hydrogen) atoms. The van der Waals surface area contributed by atoms with E-state index in [9.17, 15) is 19.3 Å². The largest absolute Gasteiger partial charge is 0.478 e. The normalized spacial score (nSPS) is 12.3. The van der Waals surface area contributed by atoms with Gasteiger partial charge in [0.2, 0.25) is 5.82 Å². The molecule has 0 heterocycles. The van der Waals surface area contributed by atoms with Crippen LogP contribution in [0.3, 0.4) is 0 Å². The fraction of sp³-hybridized carbons (Fsp3) is 0.308. The molecule has 0 bridgehead atoms. The van der Waals surface area contributed by atoms with Gasteiger partial charge in [-0.2, -0.15) is 4.39 Å². The lowest BCUT2D eigenvalue weighted by Gasteiger charge is -2.19. The molecule has 0 saturated carbocycles. The number of nitrogens with zero attached hydrogens (tertiary/aromatic N) is 1. The molecule has 102 valence electrons. The lowest BCUT2D eigenvalue weighted by molar-refractivity contribution is -0.387. The maximum Gasteiger partial charge on any atom is 0.332 e. The molecule has 5 nitrogen and oxygen atoms in total. The first kappa shape index (κ1) is 14.8. The average molecular weight is 267 g/mol. The molecule has 0 amide bonds. The molecule has 0 aromatic heterocycles. The van der Waals surface area contributed by atoms with Gasteiger partial charge in [-0.15, -0.1) is 0 Å². The van der Waals surface area contributed by atoms with E-state index < -0.39 is 27.8 Å². The minimum absolute atomic E-state index is 0.0911. The maximum absolute atomic E-state index is 13.2. The lowest BCUT2D eigenvalue weighted by atomic mass is 9.85. The Morgan fingerprint density at radius 3 is 2.42 bits per heavy atom. The van der Waals surface area contributed by atoms with Crippen molar-refractivity contribution in [2.24, 2.45) is 5.41 Å². The van der Waals surface area contributed by atoms with Gasteiger partial charge in [-0.05, 0) is 23.1 Å². The van der Waals surface area contributed by atoms with E-state index in [0.29, 0.717) is 0 Å². The Morgan fingerprint density at radius 2 is 2.00 bits per heavy atom. The molecule has 0 fully saturated rings. The third kappa shape index (κ3) is 3.61. The van der Waals surface area contributed by atoms with Crippen molar-refractivity contribution in [3.8, 4) is 0 Å². The Labute approximate surface area is 109 Å². The highest BCUT2D eigenvalue weighted by atomic mass is 19.1. The summed E-state index contributed by atoms with van der Waals surface area (Å²) in [7, 11) is 0. The molecular weight excluding hydrogens is 253 g/mol. The lowest BCUT2D eigenvalue weighted by Crippen LogP contribution is -2.17. The summed E-state index contributed by atoms with van der Waals surface area (Å²) in [6, 6.07) is 3.27. The van der Waals surface area contributed by atoms with Gasteiger partial charge < -0.3 is 5.11 Å². The van der Waals surface area contributed by atoms with Crippen LogP contribution in [-0.2, 0) is 4.79 Å². The number of aliphatic carboxylic acids is 1. The number of hydrogen-bond acceptors (Lipinski definition) is 3. The fourth-order valence-electron chi connectivity index (χ4n) is 1.53. The van der Waals surface area contributed by atoms with Gasteiger partial charge in [-0.25, -0.2) is 4.79 Å². The SMILES string of the molecule is CC(C)(C)C(=Cc1ccc(F)c([N+](=O)[O-])c1)C(=O)O. The van der Waals surface area contributed by atoms with Gasteiger partial charge in [0.15, 0.2) is 0 Å². The van der Waals surface area contributed by atoms with E-state index in [1.54, 1.807) is 20.8 Å². The zero-order valence-electron chi connectivity index (χ0n) is 10.8. The third-order valence-electron chi connectivity index (χ3n) is 2.52. The second-order valence-electron chi connectivity index (χ2n) is 5.08. The summed E-state index contributed by atoms with van der Waals surface area (Å²) >= 11 is 0. The Hall–Kier alpha value is -2.24. The van der Waals surface area contributed by atoms with Crippen LogP contribution in [0.1, 0.15) is 26.3 Å². The Morgan fingerprint density at radius 1 is 1.42 bits per heavy atom. The van der Waals surface area contributed by atoms with E-state index in [1.165, 1.54) is 12.1 Å². The predicted molar refractivity (Wildman–Crippen MR) is 68.1 cm³/mol. The number of rotatable bonds is 3. The molecule has 1 N–H and O–H groups in total. The van der Waals surface area contributed by atoms with E-state index in [-0.39, 0.29) is 11.1 Å². The van der Waals surface area contributed by atoms with E-state index in [0.717, 1.165) is 12.1 Å². The van der Waals surface area contributed by atoms with Crippen LogP contribution in [0, 0.1) is 21.3 Å². The molecule has 0 unspecified atom stereocenters. The number of halogens is 1. The molecule has 1 aromatic carbocycles. The molecule has 0 aliphatic rings. The van der Waals surface area contributed by atoms with Gasteiger partial charge in [-0.3, -0.25) is 10.1 Å². The molecule has 1 rings (SSSR count). The van der Waals surface area contributed by atoms with Gasteiger partial charge in [0, 0.05) is 11.6 Å². The molecule has 0 radical (unpaired) electrons. The number of nitro benzene ring substituents is 1. The summed E-state index contributed by atoms with van der Waals surface area (Å²) < 4.78 is 13.2. The van der Waals surface area contributed by atoms with Crippen LogP contribution in [-0.4, -0.2) is 16.0 Å². The number of benzene rings is 1. The van der Waals surface area contributed by atoms with Crippen molar-refractivity contribution in [3.05, 3.63) is 45.3 Å². The van der Waals surface area contributed by atoms with Crippen molar-refractivity contribution in [2.45, 2.75) is 20.8 Å². The summed E-state index contributed by atoms with van der Waals surface area (Å²) in [6.45, 7) is 5.14. The van der Waals surface area contributed by atoms with Gasteiger partial charge in [0.05, 0.1) is 4.92 Å². The minimum Gasteiger partial charge on any atom is -0.478 e. The summed E-state index contributed by atoms with van der Waals surface area (Å²) in [5.41, 5.74) is -0.934. The number of carboxylic acids is 1. The first-order chi connectivity index (χ1) is 8.62. The van der Waals surface area contributed by atoms with E-state index in [2.05, 4.69) is 0 Å². The Bertz CT molecular complexity index is 558. The van der Waals surface area contributed by atoms with Gasteiger partial charge in [-0.1, -0.05) is 26.8 Å². The molecule has 0 aliphatic carbocycles. The summed E-state index contributed by atoms with van der Waals surface area (Å²) in [4.78, 5) is 20.9. The highest BCUT2D eigenvalue weighted by Gasteiger charge is 2.24. The Balaban J connectivity index is 3.34. The highest BCUT2D eigenvalue weighted by molar-refractivity contribution is 5.93. The van der Waals surface area contributed by atoms with Crippen molar-refractivity contribution in [2.75, 3.05) is 0 Å². The Kier molecular flexibility index (Phi) is 4.04. The molecule has 1 aromatic rings. The van der Waals surface area contributed by atoms with Crippen LogP contribution in [0.4, 0.5) is 10.1 Å². The fourth-order valence-corrected chi connectivity index (χ4v) is 1.53. The van der Waals surface area contributed by atoms with Gasteiger partial charge in [0.1, 0.15) is 0 Å². The van der Waals surface area contributed by atoms with Gasteiger partial charge >= 0.3 is 11.7 Å². The third-order valence-corrected chi connectivity index (χ3v) is 2.52. The van der Waals surface area contributed by atoms with Crippen LogP contribution in [0.25, 0.3) is 6.08 Å². The summed E-state index contributed by atoms with van der Waals surface area (Å²) in [5, 5.41) is 19.7. The van der Waals surface area contributed by atoms with Crippen LogP contribution in [0.5, 0.6) is 0 Å². The number of hydrogen-bond donors (Lipinski definition) is 1. The molecule has 0 atom stereocenters. The number of carboxylic acid groups (broad SMARTS) is 1. The van der Waals surface area contributed by atoms with E-state index in [4.69, 9.17) is 5.11 Å². The van der Waals surface area contributed by atoms with Crippen molar-refractivity contribution < 1.29 is 19.2 Å². The molecule has 0 spiro atoms. The van der Waals surface area contributed by atoms with Crippen LogP contribution < -0.4 is 0 Å². The standard InChI is InChI=1S/C13H14FNO4/c1-13(2,3)9(12(16)17)6-8-4-5-10(14)11(7-8)15(18)19/h4-7H,1-3H3,(H,16,17). The van der Waals surface area contributed by atoms with Crippen LogP contribution in [0.2, 0.25) is 0 Å². The quantitative estimate of drug-likeness (QED) is 0.518. The monoisotopic (exact) mass is 267 g/mol. The zero-order chi connectivity index (χ0) is 14.8. The van der Waals surface area contributed by atoms with Crippen molar-refractivity contribution in [3.63, 3.8) is 0 Å². The molecule has 0 aliphatic heterocycles. The highest BCUT2D eigenvalue weighted by Crippen LogP contribution is 2.28. The van der Waals surface area contributed by atoms with Crippen molar-refractivity contribution in [1.82, 2.24) is 0 Å². The van der Waals surface area contributed by atoms with E-state index >= 15 is 0 Å². The summed E-state index contributed by atoms with van der Waals surface area (Å²) in [5.74, 6) is -2.06. The topological polar surface area (TPSA) is 80.4 Å². The molecule has 0 saturated heterocycles. The first-order valence-corrected chi connectivity index (χ1v) is 5.52.